The number of anilines is 1. The zero-order chi connectivity index (χ0) is 16.2. The fourth-order valence-electron chi connectivity index (χ4n) is 3.14. The summed E-state index contributed by atoms with van der Waals surface area (Å²) in [6.45, 7) is 3.30. The second-order valence-corrected chi connectivity index (χ2v) is 6.62. The van der Waals surface area contributed by atoms with Crippen LogP contribution >= 0.6 is 12.4 Å². The van der Waals surface area contributed by atoms with Gasteiger partial charge in [-0.3, -0.25) is 9.59 Å². The number of rotatable bonds is 6. The van der Waals surface area contributed by atoms with E-state index in [1.165, 1.54) is 0 Å². The Morgan fingerprint density at radius 1 is 1.21 bits per heavy atom. The number of amides is 2. The zero-order valence-electron chi connectivity index (χ0n) is 14.1. The molecule has 2 fully saturated rings. The highest BCUT2D eigenvalue weighted by Gasteiger charge is 2.30. The third-order valence-corrected chi connectivity index (χ3v) is 4.58. The summed E-state index contributed by atoms with van der Waals surface area (Å²) < 4.78 is 0. The molecule has 1 aliphatic carbocycles. The molecule has 1 atom stereocenters. The zero-order valence-corrected chi connectivity index (χ0v) is 14.9. The van der Waals surface area contributed by atoms with Crippen molar-refractivity contribution in [1.29, 1.82) is 0 Å². The fraction of sp³-hybridized carbons (Fsp3) is 0.556. The molecule has 1 aromatic carbocycles. The van der Waals surface area contributed by atoms with Crippen LogP contribution in [0.3, 0.4) is 0 Å². The number of halogens is 1. The predicted molar refractivity (Wildman–Crippen MR) is 97.2 cm³/mol. The lowest BCUT2D eigenvalue weighted by molar-refractivity contribution is -0.130. The van der Waals surface area contributed by atoms with Gasteiger partial charge in [0, 0.05) is 37.7 Å². The maximum Gasteiger partial charge on any atom is 0.225 e. The van der Waals surface area contributed by atoms with Crippen LogP contribution in [0.15, 0.2) is 24.3 Å². The first-order valence-electron chi connectivity index (χ1n) is 8.51. The second kappa shape index (κ2) is 8.49. The van der Waals surface area contributed by atoms with Crippen molar-refractivity contribution in [2.45, 2.75) is 57.7 Å². The number of nitrogens with one attached hydrogen (secondary N) is 2. The third kappa shape index (κ3) is 5.21. The minimum atomic E-state index is 0. The van der Waals surface area contributed by atoms with E-state index in [-0.39, 0.29) is 24.2 Å². The minimum absolute atomic E-state index is 0. The van der Waals surface area contributed by atoms with Gasteiger partial charge in [0.05, 0.1) is 0 Å². The largest absolute Gasteiger partial charge is 0.336 e. The van der Waals surface area contributed by atoms with E-state index in [0.717, 1.165) is 43.5 Å². The molecule has 1 aliphatic heterocycles. The van der Waals surface area contributed by atoms with E-state index >= 15 is 0 Å². The van der Waals surface area contributed by atoms with Crippen LogP contribution in [0.25, 0.3) is 0 Å². The topological polar surface area (TPSA) is 61.4 Å². The van der Waals surface area contributed by atoms with Crippen LogP contribution in [0.2, 0.25) is 0 Å². The molecule has 24 heavy (non-hydrogen) atoms. The summed E-state index contributed by atoms with van der Waals surface area (Å²) in [6.07, 6.45) is 4.99. The number of benzene rings is 1. The lowest BCUT2D eigenvalue weighted by atomic mass is 10.1. The summed E-state index contributed by atoms with van der Waals surface area (Å²) in [5.74, 6) is 0.189. The summed E-state index contributed by atoms with van der Waals surface area (Å²) in [4.78, 5) is 25.6. The average molecular weight is 352 g/mol. The molecule has 0 bridgehead atoms. The summed E-state index contributed by atoms with van der Waals surface area (Å²) in [5, 5.41) is 6.28. The Labute approximate surface area is 149 Å². The van der Waals surface area contributed by atoms with E-state index in [4.69, 9.17) is 0 Å². The third-order valence-electron chi connectivity index (χ3n) is 4.58. The van der Waals surface area contributed by atoms with Crippen molar-refractivity contribution >= 4 is 29.9 Å². The molecule has 2 amide bonds. The van der Waals surface area contributed by atoms with E-state index in [2.05, 4.69) is 10.6 Å². The van der Waals surface area contributed by atoms with Gasteiger partial charge in [-0.05, 0) is 49.9 Å². The minimum Gasteiger partial charge on any atom is -0.336 e. The van der Waals surface area contributed by atoms with Crippen LogP contribution in [-0.4, -0.2) is 35.3 Å². The van der Waals surface area contributed by atoms with Gasteiger partial charge < -0.3 is 15.5 Å². The summed E-state index contributed by atoms with van der Waals surface area (Å²) in [5.41, 5.74) is 1.92. The molecule has 1 heterocycles. The van der Waals surface area contributed by atoms with E-state index in [1.807, 2.05) is 29.2 Å². The van der Waals surface area contributed by atoms with Crippen molar-refractivity contribution in [2.24, 2.45) is 0 Å². The standard InChI is InChI=1S/C18H25N3O2.ClH/c1-13(22)21(17-8-9-17)12-14-4-6-15(7-5-14)20-18(23)11-16-3-2-10-19-16;/h4-7,16-17,19H,2-3,8-12H2,1H3,(H,20,23);1H. The molecule has 1 aromatic rings. The Morgan fingerprint density at radius 3 is 2.46 bits per heavy atom. The monoisotopic (exact) mass is 351 g/mol. The summed E-state index contributed by atoms with van der Waals surface area (Å²) in [6, 6.07) is 8.55. The van der Waals surface area contributed by atoms with Crippen LogP contribution in [0.4, 0.5) is 5.69 Å². The van der Waals surface area contributed by atoms with Gasteiger partial charge in [-0.25, -0.2) is 0 Å². The van der Waals surface area contributed by atoms with Crippen molar-refractivity contribution in [1.82, 2.24) is 10.2 Å². The first-order chi connectivity index (χ1) is 11.1. The van der Waals surface area contributed by atoms with Gasteiger partial charge in [0.1, 0.15) is 0 Å². The SMILES string of the molecule is CC(=O)N(Cc1ccc(NC(=O)CC2CCCN2)cc1)C1CC1.Cl. The Balaban J connectivity index is 0.00000208. The molecule has 132 valence electrons. The maximum absolute atomic E-state index is 12.0. The van der Waals surface area contributed by atoms with Gasteiger partial charge in [0.2, 0.25) is 11.8 Å². The van der Waals surface area contributed by atoms with Gasteiger partial charge in [-0.2, -0.15) is 0 Å². The predicted octanol–water partition coefficient (Wildman–Crippen LogP) is 2.70. The van der Waals surface area contributed by atoms with E-state index in [1.54, 1.807) is 6.92 Å². The number of hydrogen-bond donors (Lipinski definition) is 2. The van der Waals surface area contributed by atoms with Gasteiger partial charge in [-0.1, -0.05) is 12.1 Å². The molecule has 3 rings (SSSR count). The van der Waals surface area contributed by atoms with Crippen LogP contribution in [-0.2, 0) is 16.1 Å². The molecular weight excluding hydrogens is 326 g/mol. The Hall–Kier alpha value is -1.59. The summed E-state index contributed by atoms with van der Waals surface area (Å²) >= 11 is 0. The van der Waals surface area contributed by atoms with Crippen molar-refractivity contribution in [3.05, 3.63) is 29.8 Å². The van der Waals surface area contributed by atoms with E-state index < -0.39 is 0 Å². The average Bonchev–Trinajstić information content (AvgIpc) is 3.23. The van der Waals surface area contributed by atoms with Gasteiger partial charge in [0.25, 0.3) is 0 Å². The molecule has 0 aromatic heterocycles. The highest BCUT2D eigenvalue weighted by Crippen LogP contribution is 2.28. The van der Waals surface area contributed by atoms with Gasteiger partial charge in [-0.15, -0.1) is 12.4 Å². The van der Waals surface area contributed by atoms with E-state index in [0.29, 0.717) is 25.0 Å². The quantitative estimate of drug-likeness (QED) is 0.828. The van der Waals surface area contributed by atoms with E-state index in [9.17, 15) is 9.59 Å². The Morgan fingerprint density at radius 2 is 1.92 bits per heavy atom. The lowest BCUT2D eigenvalue weighted by Crippen LogP contribution is -2.30. The van der Waals surface area contributed by atoms with Crippen LogP contribution < -0.4 is 10.6 Å². The molecule has 1 unspecified atom stereocenters. The number of nitrogens with zero attached hydrogens (tertiary/aromatic N) is 1. The molecule has 6 heteroatoms. The fourth-order valence-corrected chi connectivity index (χ4v) is 3.14. The molecule has 1 saturated carbocycles. The Bertz CT molecular complexity index is 566. The highest BCUT2D eigenvalue weighted by atomic mass is 35.5. The molecule has 2 N–H and O–H groups in total. The molecule has 0 spiro atoms. The van der Waals surface area contributed by atoms with Crippen molar-refractivity contribution in [3.63, 3.8) is 0 Å². The van der Waals surface area contributed by atoms with Gasteiger partial charge >= 0.3 is 0 Å². The van der Waals surface area contributed by atoms with Crippen molar-refractivity contribution in [3.8, 4) is 0 Å². The molecule has 1 saturated heterocycles. The first-order valence-corrected chi connectivity index (χ1v) is 8.51. The van der Waals surface area contributed by atoms with Crippen molar-refractivity contribution in [2.75, 3.05) is 11.9 Å². The van der Waals surface area contributed by atoms with Crippen molar-refractivity contribution < 1.29 is 9.59 Å². The first kappa shape index (κ1) is 18.7. The molecule has 0 radical (unpaired) electrons. The maximum atomic E-state index is 12.0. The Kier molecular flexibility index (Phi) is 6.63. The number of carbonyl (C=O) groups is 2. The number of hydrogen-bond acceptors (Lipinski definition) is 3. The van der Waals surface area contributed by atoms with Gasteiger partial charge in [0.15, 0.2) is 0 Å². The molecular formula is C18H26ClN3O2. The highest BCUT2D eigenvalue weighted by molar-refractivity contribution is 5.91. The smallest absolute Gasteiger partial charge is 0.225 e. The summed E-state index contributed by atoms with van der Waals surface area (Å²) in [7, 11) is 0. The van der Waals surface area contributed by atoms with Crippen LogP contribution in [0, 0.1) is 0 Å². The normalized spacial score (nSPS) is 19.5. The lowest BCUT2D eigenvalue weighted by Gasteiger charge is -2.20. The van der Waals surface area contributed by atoms with Crippen LogP contribution in [0.1, 0.15) is 44.6 Å². The second-order valence-electron chi connectivity index (χ2n) is 6.62. The molecule has 5 nitrogen and oxygen atoms in total. The number of carbonyl (C=O) groups excluding carboxylic acids is 2. The molecule has 2 aliphatic rings. The van der Waals surface area contributed by atoms with Crippen LogP contribution in [0.5, 0.6) is 0 Å².